The standard InChI is InChI=1S/C16H14F2N2O/c17-14-5-4-11(8-15(14)18)20-16(21)13-3-1-2-10-9-19-7-6-12(10)13/h1-5,8,19H,6-7,9H2,(H,20,21). The van der Waals surface area contributed by atoms with Gasteiger partial charge in [-0.25, -0.2) is 8.78 Å². The monoisotopic (exact) mass is 288 g/mol. The Labute approximate surface area is 121 Å². The van der Waals surface area contributed by atoms with Gasteiger partial charge in [0.05, 0.1) is 0 Å². The number of carbonyl (C=O) groups is 1. The van der Waals surface area contributed by atoms with Gasteiger partial charge in [0, 0.05) is 23.9 Å². The highest BCUT2D eigenvalue weighted by Crippen LogP contribution is 2.20. The maximum atomic E-state index is 13.2. The van der Waals surface area contributed by atoms with E-state index in [9.17, 15) is 13.6 Å². The molecule has 108 valence electrons. The Balaban J connectivity index is 1.87. The van der Waals surface area contributed by atoms with E-state index in [1.54, 1.807) is 6.07 Å². The second kappa shape index (κ2) is 5.61. The van der Waals surface area contributed by atoms with Gasteiger partial charge in [-0.1, -0.05) is 12.1 Å². The fourth-order valence-electron chi connectivity index (χ4n) is 2.52. The molecule has 0 fully saturated rings. The van der Waals surface area contributed by atoms with Crippen LogP contribution in [-0.4, -0.2) is 12.5 Å². The van der Waals surface area contributed by atoms with Crippen LogP contribution in [0, 0.1) is 11.6 Å². The number of rotatable bonds is 2. The van der Waals surface area contributed by atoms with Gasteiger partial charge in [0.2, 0.25) is 0 Å². The molecule has 0 spiro atoms. The van der Waals surface area contributed by atoms with Crippen molar-refractivity contribution in [2.24, 2.45) is 0 Å². The number of fused-ring (bicyclic) bond motifs is 1. The summed E-state index contributed by atoms with van der Waals surface area (Å²) in [5.74, 6) is -2.22. The molecule has 3 rings (SSSR count). The number of hydrogen-bond donors (Lipinski definition) is 2. The topological polar surface area (TPSA) is 41.1 Å². The highest BCUT2D eigenvalue weighted by Gasteiger charge is 2.17. The third-order valence-corrected chi connectivity index (χ3v) is 3.56. The Morgan fingerprint density at radius 1 is 1.14 bits per heavy atom. The number of amides is 1. The maximum Gasteiger partial charge on any atom is 0.255 e. The van der Waals surface area contributed by atoms with E-state index < -0.39 is 11.6 Å². The summed E-state index contributed by atoms with van der Waals surface area (Å²) in [7, 11) is 0. The summed E-state index contributed by atoms with van der Waals surface area (Å²) >= 11 is 0. The van der Waals surface area contributed by atoms with E-state index in [-0.39, 0.29) is 11.6 Å². The van der Waals surface area contributed by atoms with Gasteiger partial charge in [-0.05, 0) is 42.3 Å². The van der Waals surface area contributed by atoms with E-state index in [1.165, 1.54) is 6.07 Å². The molecule has 3 nitrogen and oxygen atoms in total. The summed E-state index contributed by atoms with van der Waals surface area (Å²) in [6.45, 7) is 1.56. The van der Waals surface area contributed by atoms with Crippen LogP contribution in [0.25, 0.3) is 0 Å². The molecule has 0 bridgehead atoms. The molecule has 1 amide bonds. The minimum atomic E-state index is -0.980. The molecule has 1 aliphatic rings. The number of benzene rings is 2. The summed E-state index contributed by atoms with van der Waals surface area (Å²) in [6.07, 6.45) is 0.775. The Morgan fingerprint density at radius 3 is 2.81 bits per heavy atom. The minimum absolute atomic E-state index is 0.241. The summed E-state index contributed by atoms with van der Waals surface area (Å²) in [6, 6.07) is 8.87. The fourth-order valence-corrected chi connectivity index (χ4v) is 2.52. The van der Waals surface area contributed by atoms with Crippen molar-refractivity contribution in [2.45, 2.75) is 13.0 Å². The second-order valence-electron chi connectivity index (χ2n) is 4.95. The van der Waals surface area contributed by atoms with Gasteiger partial charge >= 0.3 is 0 Å². The van der Waals surface area contributed by atoms with Crippen molar-refractivity contribution in [2.75, 3.05) is 11.9 Å². The van der Waals surface area contributed by atoms with Crippen LogP contribution < -0.4 is 10.6 Å². The Morgan fingerprint density at radius 2 is 2.00 bits per heavy atom. The lowest BCUT2D eigenvalue weighted by atomic mass is 9.95. The first-order valence-electron chi connectivity index (χ1n) is 6.73. The third kappa shape index (κ3) is 2.78. The molecule has 0 radical (unpaired) electrons. The summed E-state index contributed by atoms with van der Waals surface area (Å²) in [4.78, 5) is 12.3. The Kier molecular flexibility index (Phi) is 3.66. The van der Waals surface area contributed by atoms with E-state index in [0.717, 1.165) is 42.8 Å². The molecule has 21 heavy (non-hydrogen) atoms. The van der Waals surface area contributed by atoms with Crippen molar-refractivity contribution in [3.63, 3.8) is 0 Å². The third-order valence-electron chi connectivity index (χ3n) is 3.56. The molecule has 0 aliphatic carbocycles. The number of anilines is 1. The first kappa shape index (κ1) is 13.7. The second-order valence-corrected chi connectivity index (χ2v) is 4.95. The first-order chi connectivity index (χ1) is 10.1. The Bertz CT molecular complexity index is 701. The van der Waals surface area contributed by atoms with Crippen LogP contribution in [0.4, 0.5) is 14.5 Å². The average molecular weight is 288 g/mol. The SMILES string of the molecule is O=C(Nc1ccc(F)c(F)c1)c1cccc2c1CCNC2. The van der Waals surface area contributed by atoms with Crippen LogP contribution in [0.2, 0.25) is 0 Å². The van der Waals surface area contributed by atoms with Gasteiger partial charge < -0.3 is 10.6 Å². The van der Waals surface area contributed by atoms with Gasteiger partial charge in [0.25, 0.3) is 5.91 Å². The van der Waals surface area contributed by atoms with Gasteiger partial charge in [0.1, 0.15) is 0 Å². The maximum absolute atomic E-state index is 13.2. The first-order valence-corrected chi connectivity index (χ1v) is 6.73. The number of halogens is 2. The fraction of sp³-hybridized carbons (Fsp3) is 0.188. The minimum Gasteiger partial charge on any atom is -0.322 e. The van der Waals surface area contributed by atoms with Gasteiger partial charge in [-0.2, -0.15) is 0 Å². The van der Waals surface area contributed by atoms with Gasteiger partial charge in [-0.3, -0.25) is 4.79 Å². The molecule has 0 aromatic heterocycles. The molecule has 2 N–H and O–H groups in total. The number of hydrogen-bond acceptors (Lipinski definition) is 2. The van der Waals surface area contributed by atoms with Crippen molar-refractivity contribution in [1.29, 1.82) is 0 Å². The van der Waals surface area contributed by atoms with Crippen LogP contribution >= 0.6 is 0 Å². The molecule has 0 atom stereocenters. The molecular formula is C16H14F2N2O. The predicted molar refractivity (Wildman–Crippen MR) is 76.2 cm³/mol. The van der Waals surface area contributed by atoms with Crippen LogP contribution in [0.5, 0.6) is 0 Å². The lowest BCUT2D eigenvalue weighted by molar-refractivity contribution is 0.102. The van der Waals surface area contributed by atoms with E-state index in [0.29, 0.717) is 5.56 Å². The molecule has 1 aliphatic heterocycles. The number of nitrogens with one attached hydrogen (secondary N) is 2. The smallest absolute Gasteiger partial charge is 0.255 e. The largest absolute Gasteiger partial charge is 0.322 e. The van der Waals surface area contributed by atoms with Crippen molar-refractivity contribution >= 4 is 11.6 Å². The molecule has 5 heteroatoms. The lowest BCUT2D eigenvalue weighted by Crippen LogP contribution is -2.26. The Hall–Kier alpha value is -2.27. The molecule has 2 aromatic carbocycles. The van der Waals surface area contributed by atoms with Gasteiger partial charge in [-0.15, -0.1) is 0 Å². The van der Waals surface area contributed by atoms with E-state index in [2.05, 4.69) is 10.6 Å². The highest BCUT2D eigenvalue weighted by molar-refractivity contribution is 6.05. The molecule has 0 unspecified atom stereocenters. The zero-order valence-corrected chi connectivity index (χ0v) is 11.2. The van der Waals surface area contributed by atoms with E-state index >= 15 is 0 Å². The summed E-state index contributed by atoms with van der Waals surface area (Å²) in [5.41, 5.74) is 2.93. The zero-order valence-electron chi connectivity index (χ0n) is 11.2. The van der Waals surface area contributed by atoms with Crippen molar-refractivity contribution in [1.82, 2.24) is 5.32 Å². The molecule has 0 saturated carbocycles. The summed E-state index contributed by atoms with van der Waals surface area (Å²) in [5, 5.41) is 5.86. The van der Waals surface area contributed by atoms with E-state index in [4.69, 9.17) is 0 Å². The molecule has 2 aromatic rings. The molecule has 1 heterocycles. The lowest BCUT2D eigenvalue weighted by Gasteiger charge is -2.20. The van der Waals surface area contributed by atoms with E-state index in [1.807, 2.05) is 12.1 Å². The van der Waals surface area contributed by atoms with Crippen LogP contribution in [0.15, 0.2) is 36.4 Å². The molecular weight excluding hydrogens is 274 g/mol. The number of carbonyl (C=O) groups excluding carboxylic acids is 1. The van der Waals surface area contributed by atoms with Crippen LogP contribution in [-0.2, 0) is 13.0 Å². The predicted octanol–water partition coefficient (Wildman–Crippen LogP) is 2.86. The van der Waals surface area contributed by atoms with Crippen molar-refractivity contribution in [3.8, 4) is 0 Å². The summed E-state index contributed by atoms with van der Waals surface area (Å²) < 4.78 is 26.1. The van der Waals surface area contributed by atoms with Crippen LogP contribution in [0.3, 0.4) is 0 Å². The highest BCUT2D eigenvalue weighted by atomic mass is 19.2. The quantitative estimate of drug-likeness (QED) is 0.892. The van der Waals surface area contributed by atoms with Crippen LogP contribution in [0.1, 0.15) is 21.5 Å². The van der Waals surface area contributed by atoms with Crippen molar-refractivity contribution in [3.05, 3.63) is 64.7 Å². The molecule has 0 saturated heterocycles. The van der Waals surface area contributed by atoms with Gasteiger partial charge in [0.15, 0.2) is 11.6 Å². The zero-order chi connectivity index (χ0) is 14.8. The average Bonchev–Trinajstić information content (AvgIpc) is 2.50. The van der Waals surface area contributed by atoms with Crippen molar-refractivity contribution < 1.29 is 13.6 Å². The normalized spacial score (nSPS) is 13.6.